The molecule has 0 aliphatic heterocycles. The zero-order valence-corrected chi connectivity index (χ0v) is 9.23. The molecule has 0 aromatic heterocycles. The van der Waals surface area contributed by atoms with Crippen molar-refractivity contribution in [1.29, 1.82) is 0 Å². The maximum Gasteiger partial charge on any atom is 0.0574 e. The van der Waals surface area contributed by atoms with E-state index < -0.39 is 0 Å². The molecular weight excluding hydrogens is 182 g/mol. The zero-order chi connectivity index (χ0) is 9.84. The first-order valence-electron chi connectivity index (χ1n) is 4.69. The quantitative estimate of drug-likeness (QED) is 0.473. The van der Waals surface area contributed by atoms with Gasteiger partial charge in [-0.15, -0.1) is 11.6 Å². The van der Waals surface area contributed by atoms with Crippen molar-refractivity contribution in [2.24, 2.45) is 4.99 Å². The first-order valence-corrected chi connectivity index (χ1v) is 5.13. The zero-order valence-electron chi connectivity index (χ0n) is 8.47. The summed E-state index contributed by atoms with van der Waals surface area (Å²) in [5.41, 5.74) is 3.56. The van der Waals surface area contributed by atoms with Crippen LogP contribution >= 0.6 is 11.6 Å². The summed E-state index contributed by atoms with van der Waals surface area (Å²) in [6, 6.07) is 0. The van der Waals surface area contributed by atoms with Crippen molar-refractivity contribution in [3.05, 3.63) is 23.4 Å². The minimum atomic E-state index is 0.118. The SMILES string of the molecule is CCC(C)=NC1=C(C)C=CC(Cl)C1. The van der Waals surface area contributed by atoms with Crippen LogP contribution in [0, 0.1) is 0 Å². The lowest BCUT2D eigenvalue weighted by Crippen LogP contribution is -2.03. The summed E-state index contributed by atoms with van der Waals surface area (Å²) in [5.74, 6) is 0. The number of rotatable bonds is 2. The van der Waals surface area contributed by atoms with E-state index in [2.05, 4.69) is 31.8 Å². The Morgan fingerprint density at radius 2 is 2.38 bits per heavy atom. The van der Waals surface area contributed by atoms with Gasteiger partial charge in [0.05, 0.1) is 5.38 Å². The molecule has 2 heteroatoms. The number of alkyl halides is 1. The van der Waals surface area contributed by atoms with E-state index >= 15 is 0 Å². The first-order chi connectivity index (χ1) is 6.13. The van der Waals surface area contributed by atoms with E-state index in [1.165, 1.54) is 11.3 Å². The summed E-state index contributed by atoms with van der Waals surface area (Å²) in [7, 11) is 0. The number of halogens is 1. The Kier molecular flexibility index (Phi) is 3.73. The van der Waals surface area contributed by atoms with Gasteiger partial charge in [-0.25, -0.2) is 0 Å². The van der Waals surface area contributed by atoms with Gasteiger partial charge in [0.2, 0.25) is 0 Å². The highest BCUT2D eigenvalue weighted by atomic mass is 35.5. The predicted molar refractivity (Wildman–Crippen MR) is 59.5 cm³/mol. The Morgan fingerprint density at radius 1 is 1.69 bits per heavy atom. The van der Waals surface area contributed by atoms with Gasteiger partial charge in [-0.3, -0.25) is 4.99 Å². The molecule has 1 unspecified atom stereocenters. The van der Waals surface area contributed by atoms with E-state index in [1.54, 1.807) is 0 Å². The van der Waals surface area contributed by atoms with Crippen LogP contribution in [0.15, 0.2) is 28.4 Å². The maximum absolute atomic E-state index is 6.01. The highest BCUT2D eigenvalue weighted by molar-refractivity contribution is 6.22. The van der Waals surface area contributed by atoms with Gasteiger partial charge in [0.25, 0.3) is 0 Å². The normalized spacial score (nSPS) is 24.0. The van der Waals surface area contributed by atoms with Crippen LogP contribution in [0.25, 0.3) is 0 Å². The van der Waals surface area contributed by atoms with Crippen LogP contribution in [0.5, 0.6) is 0 Å². The third-order valence-electron chi connectivity index (χ3n) is 2.24. The van der Waals surface area contributed by atoms with Crippen LogP contribution in [-0.2, 0) is 0 Å². The summed E-state index contributed by atoms with van der Waals surface area (Å²) < 4.78 is 0. The lowest BCUT2D eigenvalue weighted by molar-refractivity contribution is 0.924. The average Bonchev–Trinajstić information content (AvgIpc) is 2.11. The predicted octanol–water partition coefficient (Wildman–Crippen LogP) is 3.70. The Bertz CT molecular complexity index is 274. The molecule has 0 radical (unpaired) electrons. The molecule has 0 N–H and O–H groups in total. The second kappa shape index (κ2) is 4.61. The summed E-state index contributed by atoms with van der Waals surface area (Å²) in [5, 5.41) is 0.118. The largest absolute Gasteiger partial charge is 0.262 e. The van der Waals surface area contributed by atoms with Crippen molar-refractivity contribution in [3.8, 4) is 0 Å². The second-order valence-electron chi connectivity index (χ2n) is 3.41. The molecule has 1 rings (SSSR count). The van der Waals surface area contributed by atoms with Crippen LogP contribution in [0.1, 0.15) is 33.6 Å². The van der Waals surface area contributed by atoms with Gasteiger partial charge in [-0.1, -0.05) is 19.1 Å². The molecular formula is C11H16ClN. The molecule has 0 spiro atoms. The number of hydrogen-bond acceptors (Lipinski definition) is 1. The molecule has 1 aliphatic carbocycles. The van der Waals surface area contributed by atoms with Crippen LogP contribution in [-0.4, -0.2) is 11.1 Å². The highest BCUT2D eigenvalue weighted by Gasteiger charge is 2.11. The molecule has 1 atom stereocenters. The third kappa shape index (κ3) is 3.00. The molecule has 0 saturated heterocycles. The molecule has 0 bridgehead atoms. The van der Waals surface area contributed by atoms with Gasteiger partial charge in [-0.05, 0) is 25.8 Å². The fourth-order valence-electron chi connectivity index (χ4n) is 1.20. The van der Waals surface area contributed by atoms with Crippen molar-refractivity contribution in [2.75, 3.05) is 0 Å². The number of hydrogen-bond donors (Lipinski definition) is 0. The van der Waals surface area contributed by atoms with Crippen LogP contribution in [0.4, 0.5) is 0 Å². The van der Waals surface area contributed by atoms with Crippen LogP contribution < -0.4 is 0 Å². The van der Waals surface area contributed by atoms with Crippen molar-refractivity contribution >= 4 is 17.3 Å². The minimum Gasteiger partial charge on any atom is -0.262 e. The number of allylic oxidation sites excluding steroid dienone is 4. The molecule has 0 amide bonds. The van der Waals surface area contributed by atoms with Crippen molar-refractivity contribution in [2.45, 2.75) is 39.0 Å². The van der Waals surface area contributed by atoms with Crippen molar-refractivity contribution < 1.29 is 0 Å². The molecule has 0 heterocycles. The fraction of sp³-hybridized carbons (Fsp3) is 0.545. The van der Waals surface area contributed by atoms with Crippen molar-refractivity contribution in [1.82, 2.24) is 0 Å². The van der Waals surface area contributed by atoms with E-state index in [-0.39, 0.29) is 5.38 Å². The standard InChI is InChI=1S/C11H16ClN/c1-4-9(3)13-11-7-10(12)6-5-8(11)2/h5-6,10H,4,7H2,1-3H3. The smallest absolute Gasteiger partial charge is 0.0574 e. The lowest BCUT2D eigenvalue weighted by atomic mass is 10.0. The van der Waals surface area contributed by atoms with E-state index in [4.69, 9.17) is 11.6 Å². The molecule has 0 aromatic carbocycles. The minimum absolute atomic E-state index is 0.118. The summed E-state index contributed by atoms with van der Waals surface area (Å²) in [6.07, 6.45) is 5.95. The Hall–Kier alpha value is -0.560. The van der Waals surface area contributed by atoms with Crippen LogP contribution in [0.3, 0.4) is 0 Å². The van der Waals surface area contributed by atoms with Gasteiger partial charge in [0, 0.05) is 17.8 Å². The molecule has 0 saturated carbocycles. The topological polar surface area (TPSA) is 12.4 Å². The molecule has 1 aliphatic rings. The molecule has 13 heavy (non-hydrogen) atoms. The van der Waals surface area contributed by atoms with Gasteiger partial charge in [-0.2, -0.15) is 0 Å². The Labute approximate surface area is 85.2 Å². The molecule has 0 aromatic rings. The molecule has 0 fully saturated rings. The van der Waals surface area contributed by atoms with E-state index in [1.807, 2.05) is 6.08 Å². The summed E-state index contributed by atoms with van der Waals surface area (Å²) in [6.45, 7) is 6.26. The fourth-order valence-corrected chi connectivity index (χ4v) is 1.42. The van der Waals surface area contributed by atoms with Crippen molar-refractivity contribution in [3.63, 3.8) is 0 Å². The van der Waals surface area contributed by atoms with Gasteiger partial charge < -0.3 is 0 Å². The summed E-state index contributed by atoms with van der Waals surface area (Å²) in [4.78, 5) is 4.55. The Balaban J connectivity index is 2.84. The number of aliphatic imine (C=N–C) groups is 1. The summed E-state index contributed by atoms with van der Waals surface area (Å²) >= 11 is 6.01. The Morgan fingerprint density at radius 3 is 3.00 bits per heavy atom. The lowest BCUT2D eigenvalue weighted by Gasteiger charge is -2.13. The van der Waals surface area contributed by atoms with Gasteiger partial charge >= 0.3 is 0 Å². The molecule has 1 nitrogen and oxygen atoms in total. The third-order valence-corrected chi connectivity index (χ3v) is 2.54. The van der Waals surface area contributed by atoms with Gasteiger partial charge in [0.1, 0.15) is 0 Å². The van der Waals surface area contributed by atoms with E-state index in [9.17, 15) is 0 Å². The van der Waals surface area contributed by atoms with E-state index in [0.29, 0.717) is 0 Å². The van der Waals surface area contributed by atoms with E-state index in [0.717, 1.165) is 18.5 Å². The second-order valence-corrected chi connectivity index (χ2v) is 3.97. The number of nitrogens with zero attached hydrogens (tertiary/aromatic N) is 1. The van der Waals surface area contributed by atoms with Crippen LogP contribution in [0.2, 0.25) is 0 Å². The average molecular weight is 198 g/mol. The molecule has 72 valence electrons. The first kappa shape index (κ1) is 10.5. The maximum atomic E-state index is 6.01. The monoisotopic (exact) mass is 197 g/mol. The van der Waals surface area contributed by atoms with Gasteiger partial charge in [0.15, 0.2) is 0 Å². The highest BCUT2D eigenvalue weighted by Crippen LogP contribution is 2.23.